The Kier molecular flexibility index (Phi) is 2.96. The molecule has 1 aliphatic rings. The summed E-state index contributed by atoms with van der Waals surface area (Å²) in [6.07, 6.45) is 5.82. The van der Waals surface area contributed by atoms with Gasteiger partial charge < -0.3 is 5.11 Å². The molecule has 0 radical (unpaired) electrons. The van der Waals surface area contributed by atoms with Gasteiger partial charge in [-0.25, -0.2) is 0 Å². The average molecular weight is 218 g/mol. The van der Waals surface area contributed by atoms with E-state index in [9.17, 15) is 5.11 Å². The summed E-state index contributed by atoms with van der Waals surface area (Å²) in [7, 11) is 0. The number of rotatable bonds is 2. The summed E-state index contributed by atoms with van der Waals surface area (Å²) >= 11 is 0. The first-order chi connectivity index (χ1) is 7.56. The Bertz CT molecular complexity index is 391. The minimum Gasteiger partial charge on any atom is -0.508 e. The summed E-state index contributed by atoms with van der Waals surface area (Å²) < 4.78 is 0. The maximum absolute atomic E-state index is 9.92. The average Bonchev–Trinajstić information content (AvgIpc) is 2.29. The molecule has 0 amide bonds. The number of benzene rings is 1. The lowest BCUT2D eigenvalue weighted by molar-refractivity contribution is 0.453. The van der Waals surface area contributed by atoms with Crippen LogP contribution in [0.5, 0.6) is 5.75 Å². The summed E-state index contributed by atoms with van der Waals surface area (Å²) in [6.45, 7) is 6.84. The van der Waals surface area contributed by atoms with Crippen LogP contribution in [0.2, 0.25) is 0 Å². The minimum atomic E-state index is 0.231. The second-order valence-electron chi connectivity index (χ2n) is 5.53. The topological polar surface area (TPSA) is 20.2 Å². The number of fused-ring (bicyclic) bond motifs is 1. The van der Waals surface area contributed by atoms with E-state index < -0.39 is 0 Å². The van der Waals surface area contributed by atoms with Gasteiger partial charge in [0.2, 0.25) is 0 Å². The monoisotopic (exact) mass is 218 g/mol. The van der Waals surface area contributed by atoms with E-state index in [1.54, 1.807) is 0 Å². The van der Waals surface area contributed by atoms with E-state index >= 15 is 0 Å². The van der Waals surface area contributed by atoms with Crippen LogP contribution in [0.15, 0.2) is 12.1 Å². The van der Waals surface area contributed by atoms with Crippen LogP contribution in [0.3, 0.4) is 0 Å². The molecule has 0 saturated heterocycles. The van der Waals surface area contributed by atoms with Crippen LogP contribution in [0.25, 0.3) is 0 Å². The summed E-state index contributed by atoms with van der Waals surface area (Å²) in [5.41, 5.74) is 4.32. The predicted molar refractivity (Wildman–Crippen MR) is 68.1 cm³/mol. The maximum Gasteiger partial charge on any atom is 0.119 e. The Morgan fingerprint density at radius 1 is 1.12 bits per heavy atom. The molecule has 88 valence electrons. The Balaban J connectivity index is 2.55. The van der Waals surface area contributed by atoms with E-state index in [-0.39, 0.29) is 5.41 Å². The van der Waals surface area contributed by atoms with E-state index in [1.807, 2.05) is 6.07 Å². The van der Waals surface area contributed by atoms with Crippen molar-refractivity contribution in [3.8, 4) is 5.75 Å². The zero-order chi connectivity index (χ0) is 11.8. The second-order valence-corrected chi connectivity index (χ2v) is 5.53. The van der Waals surface area contributed by atoms with Gasteiger partial charge in [0.25, 0.3) is 0 Å². The lowest BCUT2D eigenvalue weighted by Gasteiger charge is -2.30. The summed E-state index contributed by atoms with van der Waals surface area (Å²) in [5, 5.41) is 9.92. The van der Waals surface area contributed by atoms with Crippen molar-refractivity contribution in [1.82, 2.24) is 0 Å². The van der Waals surface area contributed by atoms with E-state index in [0.29, 0.717) is 5.75 Å². The summed E-state index contributed by atoms with van der Waals surface area (Å²) in [4.78, 5) is 0. The molecule has 1 aliphatic carbocycles. The number of aromatic hydroxyl groups is 1. The highest BCUT2D eigenvalue weighted by Crippen LogP contribution is 2.38. The molecule has 16 heavy (non-hydrogen) atoms. The van der Waals surface area contributed by atoms with Crippen LogP contribution in [0.4, 0.5) is 0 Å². The minimum absolute atomic E-state index is 0.231. The normalized spacial score (nSPS) is 15.9. The second kappa shape index (κ2) is 4.12. The fraction of sp³-hybridized carbons (Fsp3) is 0.600. The van der Waals surface area contributed by atoms with Gasteiger partial charge >= 0.3 is 0 Å². The lowest BCUT2D eigenvalue weighted by atomic mass is 9.75. The Hall–Kier alpha value is -0.980. The van der Waals surface area contributed by atoms with Crippen molar-refractivity contribution < 1.29 is 5.11 Å². The molecule has 1 aromatic carbocycles. The van der Waals surface area contributed by atoms with Crippen molar-refractivity contribution in [3.05, 3.63) is 28.8 Å². The van der Waals surface area contributed by atoms with Gasteiger partial charge in [0, 0.05) is 0 Å². The zero-order valence-electron chi connectivity index (χ0n) is 10.6. The molecule has 0 bridgehead atoms. The van der Waals surface area contributed by atoms with E-state index in [1.165, 1.54) is 29.5 Å². The fourth-order valence-electron chi connectivity index (χ4n) is 2.67. The standard InChI is InChI=1S/C15H22O/c1-4-15(2,3)13-9-10-14(16)12-8-6-5-7-11(12)13/h9-10,16H,4-8H2,1-3H3. The maximum atomic E-state index is 9.92. The van der Waals surface area contributed by atoms with Gasteiger partial charge in [0.1, 0.15) is 5.75 Å². The highest BCUT2D eigenvalue weighted by atomic mass is 16.3. The molecule has 1 heteroatoms. The predicted octanol–water partition coefficient (Wildman–Crippen LogP) is 3.96. The molecule has 0 atom stereocenters. The third-order valence-electron chi connectivity index (χ3n) is 4.12. The van der Waals surface area contributed by atoms with Gasteiger partial charge in [-0.05, 0) is 60.3 Å². The van der Waals surface area contributed by atoms with Crippen molar-refractivity contribution in [3.63, 3.8) is 0 Å². The van der Waals surface area contributed by atoms with E-state index in [2.05, 4.69) is 26.8 Å². The van der Waals surface area contributed by atoms with Crippen LogP contribution in [-0.2, 0) is 18.3 Å². The van der Waals surface area contributed by atoms with E-state index in [0.717, 1.165) is 19.3 Å². The van der Waals surface area contributed by atoms with Crippen molar-refractivity contribution in [2.24, 2.45) is 0 Å². The molecule has 1 nitrogen and oxygen atoms in total. The van der Waals surface area contributed by atoms with E-state index in [4.69, 9.17) is 0 Å². The van der Waals surface area contributed by atoms with Crippen LogP contribution < -0.4 is 0 Å². The van der Waals surface area contributed by atoms with Crippen LogP contribution in [0.1, 0.15) is 56.7 Å². The van der Waals surface area contributed by atoms with Gasteiger partial charge in [0.15, 0.2) is 0 Å². The smallest absolute Gasteiger partial charge is 0.119 e. The number of hydrogen-bond acceptors (Lipinski definition) is 1. The molecule has 0 spiro atoms. The molecule has 0 heterocycles. The van der Waals surface area contributed by atoms with Gasteiger partial charge in [-0.2, -0.15) is 0 Å². The molecule has 0 unspecified atom stereocenters. The quantitative estimate of drug-likeness (QED) is 0.796. The van der Waals surface area contributed by atoms with Crippen molar-refractivity contribution in [2.75, 3.05) is 0 Å². The van der Waals surface area contributed by atoms with Gasteiger partial charge in [-0.1, -0.05) is 26.8 Å². The highest BCUT2D eigenvalue weighted by molar-refractivity contribution is 5.48. The van der Waals surface area contributed by atoms with Crippen LogP contribution in [0, 0.1) is 0 Å². The van der Waals surface area contributed by atoms with Gasteiger partial charge in [0.05, 0.1) is 0 Å². The SMILES string of the molecule is CCC(C)(C)c1ccc(O)c2c1CCCC2. The molecule has 2 rings (SSSR count). The third kappa shape index (κ3) is 1.83. The Morgan fingerprint density at radius 3 is 2.38 bits per heavy atom. The highest BCUT2D eigenvalue weighted by Gasteiger charge is 2.25. The molecule has 0 saturated carbocycles. The van der Waals surface area contributed by atoms with Crippen molar-refractivity contribution >= 4 is 0 Å². The van der Waals surface area contributed by atoms with Crippen molar-refractivity contribution in [1.29, 1.82) is 0 Å². The Labute approximate surface area is 98.5 Å². The molecular weight excluding hydrogens is 196 g/mol. The number of phenolic OH excluding ortho intramolecular Hbond substituents is 1. The first-order valence-corrected chi connectivity index (χ1v) is 6.40. The van der Waals surface area contributed by atoms with Crippen LogP contribution in [-0.4, -0.2) is 5.11 Å². The fourth-order valence-corrected chi connectivity index (χ4v) is 2.67. The van der Waals surface area contributed by atoms with Gasteiger partial charge in [-0.3, -0.25) is 0 Å². The third-order valence-corrected chi connectivity index (χ3v) is 4.12. The lowest BCUT2D eigenvalue weighted by Crippen LogP contribution is -2.20. The number of phenols is 1. The first kappa shape index (κ1) is 11.5. The molecule has 0 fully saturated rings. The van der Waals surface area contributed by atoms with Crippen LogP contribution >= 0.6 is 0 Å². The van der Waals surface area contributed by atoms with Crippen molar-refractivity contribution in [2.45, 2.75) is 58.3 Å². The molecule has 1 aromatic rings. The Morgan fingerprint density at radius 2 is 1.75 bits per heavy atom. The van der Waals surface area contributed by atoms with Gasteiger partial charge in [-0.15, -0.1) is 0 Å². The first-order valence-electron chi connectivity index (χ1n) is 6.40. The molecular formula is C15H22O. The molecule has 0 aliphatic heterocycles. The number of hydrogen-bond donors (Lipinski definition) is 1. The summed E-state index contributed by atoms with van der Waals surface area (Å²) in [6, 6.07) is 4.01. The zero-order valence-corrected chi connectivity index (χ0v) is 10.6. The molecule has 0 aromatic heterocycles. The largest absolute Gasteiger partial charge is 0.508 e. The summed E-state index contributed by atoms with van der Waals surface area (Å²) in [5.74, 6) is 0.505. The molecule has 1 N–H and O–H groups in total.